The molecule has 0 aliphatic heterocycles. The molecular weight excluding hydrogens is 246 g/mol. The molecule has 0 radical (unpaired) electrons. The van der Waals surface area contributed by atoms with Gasteiger partial charge in [0.2, 0.25) is 0 Å². The second-order valence-electron chi connectivity index (χ2n) is 3.98. The lowest BCUT2D eigenvalue weighted by atomic mass is 10.1. The summed E-state index contributed by atoms with van der Waals surface area (Å²) in [5, 5.41) is 2.68. The van der Waals surface area contributed by atoms with Gasteiger partial charge in [0, 0.05) is 12.1 Å². The molecule has 1 rings (SSSR count). The third-order valence-corrected chi connectivity index (χ3v) is 2.80. The fourth-order valence-corrected chi connectivity index (χ4v) is 1.91. The fraction of sp³-hybridized carbons (Fsp3) is 0.500. The molecule has 19 heavy (non-hydrogen) atoms. The Bertz CT molecular complexity index is 432. The van der Waals surface area contributed by atoms with Crippen LogP contribution in [0.3, 0.4) is 0 Å². The van der Waals surface area contributed by atoms with Crippen LogP contribution in [0.2, 0.25) is 0 Å². The summed E-state index contributed by atoms with van der Waals surface area (Å²) >= 11 is 0. The quantitative estimate of drug-likeness (QED) is 0.859. The highest BCUT2D eigenvalue weighted by atomic mass is 16.5. The number of methoxy groups -OCH3 is 2. The van der Waals surface area contributed by atoms with Gasteiger partial charge < -0.3 is 19.5 Å². The van der Waals surface area contributed by atoms with Gasteiger partial charge in [0.25, 0.3) is 0 Å². The molecule has 0 aromatic heterocycles. The van der Waals surface area contributed by atoms with E-state index in [0.29, 0.717) is 19.6 Å². The topological polar surface area (TPSA) is 56.8 Å². The molecule has 0 heterocycles. The normalized spacial score (nSPS) is 9.89. The Morgan fingerprint density at radius 2 is 2.00 bits per heavy atom. The molecule has 0 bridgehead atoms. The Kier molecular flexibility index (Phi) is 5.99. The molecule has 0 aliphatic carbocycles. The van der Waals surface area contributed by atoms with Crippen LogP contribution in [0.15, 0.2) is 12.1 Å². The number of carbonyl (C=O) groups excluding carboxylic acids is 1. The van der Waals surface area contributed by atoms with Crippen LogP contribution < -0.4 is 14.8 Å². The lowest BCUT2D eigenvalue weighted by molar-refractivity contribution is 0.152. The minimum atomic E-state index is -0.397. The van der Waals surface area contributed by atoms with Crippen molar-refractivity contribution in [3.63, 3.8) is 0 Å². The summed E-state index contributed by atoms with van der Waals surface area (Å²) in [5.41, 5.74) is 1.98. The van der Waals surface area contributed by atoms with Crippen LogP contribution >= 0.6 is 0 Å². The van der Waals surface area contributed by atoms with Gasteiger partial charge in [-0.15, -0.1) is 0 Å². The van der Waals surface area contributed by atoms with E-state index in [1.165, 1.54) is 0 Å². The maximum absolute atomic E-state index is 11.2. The highest BCUT2D eigenvalue weighted by Crippen LogP contribution is 2.31. The average molecular weight is 267 g/mol. The first kappa shape index (κ1) is 15.1. The largest absolute Gasteiger partial charge is 0.496 e. The highest BCUT2D eigenvalue weighted by Gasteiger charge is 2.11. The molecule has 0 saturated heterocycles. The number of ether oxygens (including phenoxy) is 3. The van der Waals surface area contributed by atoms with Gasteiger partial charge in [-0.3, -0.25) is 0 Å². The Balaban J connectivity index is 2.68. The average Bonchev–Trinajstić information content (AvgIpc) is 2.39. The van der Waals surface area contributed by atoms with Crippen molar-refractivity contribution in [2.24, 2.45) is 0 Å². The van der Waals surface area contributed by atoms with Gasteiger partial charge in [-0.25, -0.2) is 4.79 Å². The van der Waals surface area contributed by atoms with E-state index in [2.05, 4.69) is 5.32 Å². The predicted molar refractivity (Wildman–Crippen MR) is 73.0 cm³/mol. The molecule has 5 nitrogen and oxygen atoms in total. The SMILES string of the molecule is CCOC(=O)NCCc1ccc(OC)c(C)c1OC. The summed E-state index contributed by atoms with van der Waals surface area (Å²) < 4.78 is 15.4. The van der Waals surface area contributed by atoms with Gasteiger partial charge in [0.1, 0.15) is 11.5 Å². The van der Waals surface area contributed by atoms with E-state index in [-0.39, 0.29) is 0 Å². The van der Waals surface area contributed by atoms with Crippen molar-refractivity contribution in [2.45, 2.75) is 20.3 Å². The molecular formula is C14H21NO4. The molecule has 106 valence electrons. The van der Waals surface area contributed by atoms with Crippen LogP contribution in [0.25, 0.3) is 0 Å². The van der Waals surface area contributed by atoms with Crippen LogP contribution in [-0.2, 0) is 11.2 Å². The van der Waals surface area contributed by atoms with Gasteiger partial charge in [-0.1, -0.05) is 6.07 Å². The third kappa shape index (κ3) is 4.05. The first-order valence-electron chi connectivity index (χ1n) is 6.25. The van der Waals surface area contributed by atoms with Gasteiger partial charge in [-0.05, 0) is 31.9 Å². The zero-order valence-corrected chi connectivity index (χ0v) is 11.9. The Hall–Kier alpha value is -1.91. The molecule has 0 atom stereocenters. The van der Waals surface area contributed by atoms with Crippen molar-refractivity contribution in [3.05, 3.63) is 23.3 Å². The number of carbonyl (C=O) groups is 1. The molecule has 0 spiro atoms. The molecule has 0 unspecified atom stereocenters. The van der Waals surface area contributed by atoms with E-state index in [4.69, 9.17) is 14.2 Å². The first-order valence-corrected chi connectivity index (χ1v) is 6.25. The second kappa shape index (κ2) is 7.51. The van der Waals surface area contributed by atoms with Crippen molar-refractivity contribution < 1.29 is 19.0 Å². The van der Waals surface area contributed by atoms with Crippen molar-refractivity contribution >= 4 is 6.09 Å². The maximum atomic E-state index is 11.2. The number of hydrogen-bond acceptors (Lipinski definition) is 4. The monoisotopic (exact) mass is 267 g/mol. The van der Waals surface area contributed by atoms with Gasteiger partial charge in [0.05, 0.1) is 20.8 Å². The third-order valence-electron chi connectivity index (χ3n) is 2.80. The lowest BCUT2D eigenvalue weighted by Crippen LogP contribution is -2.26. The molecule has 0 fully saturated rings. The molecule has 1 aromatic carbocycles. The van der Waals surface area contributed by atoms with E-state index in [9.17, 15) is 4.79 Å². The molecule has 0 aliphatic rings. The van der Waals surface area contributed by atoms with Gasteiger partial charge in [-0.2, -0.15) is 0 Å². The summed E-state index contributed by atoms with van der Waals surface area (Å²) in [6, 6.07) is 3.84. The standard InChI is InChI=1S/C14H21NO4/c1-5-19-14(16)15-9-8-11-6-7-12(17-3)10(2)13(11)18-4/h6-7H,5,8-9H2,1-4H3,(H,15,16). The van der Waals surface area contributed by atoms with Crippen LogP contribution in [0, 0.1) is 6.92 Å². The van der Waals surface area contributed by atoms with Crippen LogP contribution in [0.4, 0.5) is 4.79 Å². The molecule has 1 N–H and O–H groups in total. The molecule has 5 heteroatoms. The van der Waals surface area contributed by atoms with Crippen molar-refractivity contribution in [2.75, 3.05) is 27.4 Å². The van der Waals surface area contributed by atoms with Crippen LogP contribution in [-0.4, -0.2) is 33.5 Å². The Morgan fingerprint density at radius 3 is 2.58 bits per heavy atom. The van der Waals surface area contributed by atoms with E-state index in [1.54, 1.807) is 21.1 Å². The second-order valence-corrected chi connectivity index (χ2v) is 3.98. The maximum Gasteiger partial charge on any atom is 0.407 e. The van der Waals surface area contributed by atoms with Crippen molar-refractivity contribution in [1.82, 2.24) is 5.32 Å². The number of hydrogen-bond donors (Lipinski definition) is 1. The van der Waals surface area contributed by atoms with Crippen LogP contribution in [0.1, 0.15) is 18.1 Å². The summed E-state index contributed by atoms with van der Waals surface area (Å²) in [6.07, 6.45) is 0.277. The minimum Gasteiger partial charge on any atom is -0.496 e. The highest BCUT2D eigenvalue weighted by molar-refractivity contribution is 5.67. The Morgan fingerprint density at radius 1 is 1.26 bits per heavy atom. The lowest BCUT2D eigenvalue weighted by Gasteiger charge is -2.14. The number of nitrogens with one attached hydrogen (secondary N) is 1. The van der Waals surface area contributed by atoms with E-state index in [1.807, 2.05) is 19.1 Å². The number of amides is 1. The smallest absolute Gasteiger partial charge is 0.407 e. The van der Waals surface area contributed by atoms with E-state index >= 15 is 0 Å². The zero-order chi connectivity index (χ0) is 14.3. The van der Waals surface area contributed by atoms with E-state index in [0.717, 1.165) is 22.6 Å². The summed E-state index contributed by atoms with van der Waals surface area (Å²) in [6.45, 7) is 4.59. The number of rotatable bonds is 6. The fourth-order valence-electron chi connectivity index (χ4n) is 1.91. The van der Waals surface area contributed by atoms with Gasteiger partial charge >= 0.3 is 6.09 Å². The van der Waals surface area contributed by atoms with Crippen LogP contribution in [0.5, 0.6) is 11.5 Å². The summed E-state index contributed by atoms with van der Waals surface area (Å²) in [7, 11) is 3.26. The summed E-state index contributed by atoms with van der Waals surface area (Å²) in [5.74, 6) is 1.59. The number of benzene rings is 1. The molecule has 0 saturated carbocycles. The van der Waals surface area contributed by atoms with Crippen molar-refractivity contribution in [1.29, 1.82) is 0 Å². The zero-order valence-electron chi connectivity index (χ0n) is 11.9. The molecule has 1 aromatic rings. The first-order chi connectivity index (χ1) is 9.13. The van der Waals surface area contributed by atoms with Crippen molar-refractivity contribution in [3.8, 4) is 11.5 Å². The predicted octanol–water partition coefficient (Wildman–Crippen LogP) is 2.30. The molecule has 1 amide bonds. The minimum absolute atomic E-state index is 0.372. The Labute approximate surface area is 113 Å². The van der Waals surface area contributed by atoms with Gasteiger partial charge in [0.15, 0.2) is 0 Å². The number of alkyl carbamates (subject to hydrolysis) is 1. The van der Waals surface area contributed by atoms with E-state index < -0.39 is 6.09 Å². The summed E-state index contributed by atoms with van der Waals surface area (Å²) in [4.78, 5) is 11.2.